The van der Waals surface area contributed by atoms with Crippen molar-refractivity contribution in [2.75, 3.05) is 10.6 Å². The van der Waals surface area contributed by atoms with Crippen LogP contribution in [0.4, 0.5) is 11.4 Å². The Morgan fingerprint density at radius 1 is 1.35 bits per heavy atom. The van der Waals surface area contributed by atoms with E-state index in [1.165, 1.54) is 0 Å². The number of fused-ring (bicyclic) bond motifs is 1. The van der Waals surface area contributed by atoms with Crippen LogP contribution in [0.1, 0.15) is 24.3 Å². The Bertz CT molecular complexity index is 833. The molecule has 2 heterocycles. The molecule has 0 radical (unpaired) electrons. The number of hydrogen-bond donors (Lipinski definition) is 3. The van der Waals surface area contributed by atoms with Gasteiger partial charge in [-0.3, -0.25) is 0 Å². The molecule has 0 fully saturated rings. The van der Waals surface area contributed by atoms with Gasteiger partial charge in [0.1, 0.15) is 16.1 Å². The summed E-state index contributed by atoms with van der Waals surface area (Å²) in [5, 5.41) is 11.9. The zero-order valence-electron chi connectivity index (χ0n) is 14.7. The molecule has 4 nitrogen and oxygen atoms in total. The van der Waals surface area contributed by atoms with E-state index >= 15 is 0 Å². The van der Waals surface area contributed by atoms with E-state index in [4.69, 9.17) is 29.2 Å². The van der Waals surface area contributed by atoms with Crippen LogP contribution >= 0.6 is 35.8 Å². The van der Waals surface area contributed by atoms with Crippen LogP contribution in [0.2, 0.25) is 0 Å². The molecule has 3 N–H and O–H groups in total. The molecule has 1 aromatic carbocycles. The highest BCUT2D eigenvalue weighted by Crippen LogP contribution is 2.30. The van der Waals surface area contributed by atoms with E-state index in [0.29, 0.717) is 15.9 Å². The number of hydrogen-bond acceptors (Lipinski definition) is 5. The number of ether oxygens (including phenoxy) is 1. The largest absolute Gasteiger partial charge is 0.476 e. The predicted octanol–water partition coefficient (Wildman–Crippen LogP) is 4.69. The maximum absolute atomic E-state index is 5.70. The summed E-state index contributed by atoms with van der Waals surface area (Å²) in [7, 11) is 0. The number of benzene rings is 1. The molecule has 26 heavy (non-hydrogen) atoms. The van der Waals surface area contributed by atoms with Crippen molar-refractivity contribution in [3.05, 3.63) is 58.6 Å². The molecule has 0 amide bonds. The molecule has 2 aromatic rings. The lowest BCUT2D eigenvalue weighted by Crippen LogP contribution is -2.40. The monoisotopic (exact) mass is 403 g/mol. The van der Waals surface area contributed by atoms with Crippen molar-refractivity contribution < 1.29 is 4.74 Å². The minimum absolute atomic E-state index is 0.0368. The van der Waals surface area contributed by atoms with Crippen LogP contribution < -0.4 is 16.0 Å². The van der Waals surface area contributed by atoms with E-state index < -0.39 is 0 Å². The third-order valence-electron chi connectivity index (χ3n) is 4.03. The van der Waals surface area contributed by atoms with Crippen LogP contribution in [0, 0.1) is 0 Å². The van der Waals surface area contributed by atoms with E-state index in [0.717, 1.165) is 28.2 Å². The van der Waals surface area contributed by atoms with Crippen LogP contribution in [-0.4, -0.2) is 22.1 Å². The van der Waals surface area contributed by atoms with Crippen LogP contribution in [0.15, 0.2) is 48.2 Å². The van der Waals surface area contributed by atoms with Crippen molar-refractivity contribution in [1.29, 1.82) is 0 Å². The smallest absolute Gasteiger partial charge is 0.183 e. The van der Waals surface area contributed by atoms with Gasteiger partial charge in [0.25, 0.3) is 0 Å². The summed E-state index contributed by atoms with van der Waals surface area (Å²) in [6.07, 6.45) is 0.803. The van der Waals surface area contributed by atoms with Gasteiger partial charge in [0, 0.05) is 23.4 Å². The summed E-state index contributed by atoms with van der Waals surface area (Å²) >= 11 is 12.7. The summed E-state index contributed by atoms with van der Waals surface area (Å²) < 4.78 is 5.70. The predicted molar refractivity (Wildman–Crippen MR) is 118 cm³/mol. The zero-order valence-corrected chi connectivity index (χ0v) is 17.1. The molecule has 2 atom stereocenters. The molecular formula is C19H21N3OS3. The van der Waals surface area contributed by atoms with Gasteiger partial charge in [0.05, 0.1) is 10.9 Å². The Hall–Kier alpha value is -1.96. The van der Waals surface area contributed by atoms with Gasteiger partial charge in [0.15, 0.2) is 5.88 Å². The minimum Gasteiger partial charge on any atom is -0.476 e. The fraction of sp³-hybridized carbons (Fsp3) is 0.263. The van der Waals surface area contributed by atoms with Crippen LogP contribution in [-0.2, 0) is 11.2 Å². The van der Waals surface area contributed by atoms with E-state index in [-0.39, 0.29) is 12.1 Å². The molecule has 3 rings (SSSR count). The van der Waals surface area contributed by atoms with E-state index in [1.54, 1.807) is 11.3 Å². The first-order valence-electron chi connectivity index (χ1n) is 8.33. The Morgan fingerprint density at radius 2 is 2.15 bits per heavy atom. The maximum atomic E-state index is 5.70. The van der Waals surface area contributed by atoms with Crippen LogP contribution in [0.3, 0.4) is 0 Å². The second kappa shape index (κ2) is 8.16. The lowest BCUT2D eigenvalue weighted by Gasteiger charge is -2.20. The maximum Gasteiger partial charge on any atom is 0.183 e. The summed E-state index contributed by atoms with van der Waals surface area (Å²) in [4.78, 5) is 2.44. The molecule has 0 spiro atoms. The fourth-order valence-corrected chi connectivity index (χ4v) is 3.96. The van der Waals surface area contributed by atoms with Crippen molar-refractivity contribution in [2.24, 2.45) is 0 Å². The lowest BCUT2D eigenvalue weighted by molar-refractivity contribution is 0.141. The van der Waals surface area contributed by atoms with Crippen LogP contribution in [0.25, 0.3) is 0 Å². The normalized spacial score (nSPS) is 17.2. The topological polar surface area (TPSA) is 45.3 Å². The summed E-state index contributed by atoms with van der Waals surface area (Å²) in [5.41, 5.74) is 3.09. The lowest BCUT2D eigenvalue weighted by atomic mass is 10.0. The van der Waals surface area contributed by atoms with Crippen LogP contribution in [0.5, 0.6) is 0 Å². The van der Waals surface area contributed by atoms with Crippen molar-refractivity contribution in [3.63, 3.8) is 0 Å². The second-order valence-corrected chi connectivity index (χ2v) is 7.97. The molecule has 0 bridgehead atoms. The van der Waals surface area contributed by atoms with Gasteiger partial charge in [-0.2, -0.15) is 0 Å². The van der Waals surface area contributed by atoms with Crippen molar-refractivity contribution in [2.45, 2.75) is 32.4 Å². The molecule has 1 aliphatic rings. The number of anilines is 2. The molecule has 1 aromatic heterocycles. The summed E-state index contributed by atoms with van der Waals surface area (Å²) in [6, 6.07) is 9.92. The molecule has 1 aliphatic heterocycles. The average Bonchev–Trinajstić information content (AvgIpc) is 3.07. The molecule has 0 aliphatic carbocycles. The first kappa shape index (κ1) is 18.8. The van der Waals surface area contributed by atoms with E-state index in [1.807, 2.05) is 49.6 Å². The fourth-order valence-electron chi connectivity index (χ4n) is 2.77. The SMILES string of the molecule is C=C1Nc2cccc(NC(=S)C(C)NC(=S)c3cccs3)c2CC(C)O1. The number of nitrogens with one attached hydrogen (secondary N) is 3. The van der Waals surface area contributed by atoms with Gasteiger partial charge in [-0.05, 0) is 44.0 Å². The zero-order chi connectivity index (χ0) is 18.7. The Kier molecular flexibility index (Phi) is 5.90. The van der Waals surface area contributed by atoms with Crippen molar-refractivity contribution in [1.82, 2.24) is 5.32 Å². The highest BCUT2D eigenvalue weighted by molar-refractivity contribution is 7.81. The van der Waals surface area contributed by atoms with Crippen molar-refractivity contribution in [3.8, 4) is 0 Å². The molecule has 2 unspecified atom stereocenters. The summed E-state index contributed by atoms with van der Waals surface area (Å²) in [5.74, 6) is 0.562. The number of thiocarbonyl (C=S) groups is 2. The third kappa shape index (κ3) is 4.41. The van der Waals surface area contributed by atoms with E-state index in [2.05, 4.69) is 22.5 Å². The van der Waals surface area contributed by atoms with Gasteiger partial charge >= 0.3 is 0 Å². The first-order chi connectivity index (χ1) is 12.4. The van der Waals surface area contributed by atoms with Gasteiger partial charge in [0.2, 0.25) is 0 Å². The van der Waals surface area contributed by atoms with Crippen molar-refractivity contribution >= 4 is 57.1 Å². The van der Waals surface area contributed by atoms with Gasteiger partial charge in [-0.1, -0.05) is 36.6 Å². The van der Waals surface area contributed by atoms with E-state index in [9.17, 15) is 0 Å². The minimum atomic E-state index is -0.0853. The molecule has 136 valence electrons. The Labute approximate surface area is 168 Å². The molecule has 7 heteroatoms. The summed E-state index contributed by atoms with van der Waals surface area (Å²) in [6.45, 7) is 7.93. The number of rotatable bonds is 4. The Morgan fingerprint density at radius 3 is 2.88 bits per heavy atom. The first-order valence-corrected chi connectivity index (χ1v) is 10.0. The quantitative estimate of drug-likeness (QED) is 0.644. The highest BCUT2D eigenvalue weighted by atomic mass is 32.1. The molecule has 0 saturated heterocycles. The second-order valence-electron chi connectivity index (χ2n) is 6.17. The Balaban J connectivity index is 1.72. The number of thiophene rings is 1. The average molecular weight is 404 g/mol. The highest BCUT2D eigenvalue weighted by Gasteiger charge is 2.20. The van der Waals surface area contributed by atoms with Gasteiger partial charge in [-0.25, -0.2) is 0 Å². The third-order valence-corrected chi connectivity index (χ3v) is 5.84. The van der Waals surface area contributed by atoms with Gasteiger partial charge in [-0.15, -0.1) is 11.3 Å². The standard InChI is InChI=1S/C19H21N3OS3/c1-11-10-14-15(21-13(3)23-11)6-4-7-16(14)22-18(24)12(2)20-19(25)17-8-5-9-26-17/h4-9,11-12,21H,3,10H2,1-2H3,(H,20,25)(H,22,24). The molecule has 0 saturated carbocycles. The molecular weight excluding hydrogens is 382 g/mol. The van der Waals surface area contributed by atoms with Gasteiger partial charge < -0.3 is 20.7 Å².